The van der Waals surface area contributed by atoms with Crippen LogP contribution in [0, 0.1) is 12.7 Å². The lowest BCUT2D eigenvalue weighted by Gasteiger charge is -2.09. The van der Waals surface area contributed by atoms with Crippen LogP contribution in [0.5, 0.6) is 0 Å². The molecule has 0 fully saturated rings. The van der Waals surface area contributed by atoms with Gasteiger partial charge in [0, 0.05) is 4.47 Å². The number of amides is 1. The first-order valence-electron chi connectivity index (χ1n) is 5.50. The molecule has 2 aromatic rings. The third kappa shape index (κ3) is 3.33. The zero-order valence-corrected chi connectivity index (χ0v) is 12.3. The van der Waals surface area contributed by atoms with Crippen molar-refractivity contribution in [2.45, 2.75) is 6.92 Å². The molecule has 0 aliphatic heterocycles. The molecule has 0 spiro atoms. The molecule has 2 nitrogen and oxygen atoms in total. The lowest BCUT2D eigenvalue weighted by Crippen LogP contribution is -2.13. The van der Waals surface area contributed by atoms with Gasteiger partial charge in [0.25, 0.3) is 5.91 Å². The van der Waals surface area contributed by atoms with E-state index < -0.39 is 5.82 Å². The largest absolute Gasteiger partial charge is 0.321 e. The monoisotopic (exact) mass is 341 g/mol. The van der Waals surface area contributed by atoms with E-state index in [1.54, 1.807) is 6.07 Å². The fourth-order valence-corrected chi connectivity index (χ4v) is 2.43. The molecule has 19 heavy (non-hydrogen) atoms. The molecule has 0 saturated carbocycles. The highest BCUT2D eigenvalue weighted by Gasteiger charge is 2.12. The lowest BCUT2D eigenvalue weighted by atomic mass is 10.1. The molecule has 2 rings (SSSR count). The number of nitrogens with one attached hydrogen (secondary N) is 1. The average Bonchev–Trinajstić information content (AvgIpc) is 2.33. The van der Waals surface area contributed by atoms with E-state index >= 15 is 0 Å². The first kappa shape index (κ1) is 14.0. The Bertz CT molecular complexity index is 645. The van der Waals surface area contributed by atoms with Gasteiger partial charge in [-0.15, -0.1) is 0 Å². The second kappa shape index (κ2) is 5.72. The Labute approximate surface area is 123 Å². The summed E-state index contributed by atoms with van der Waals surface area (Å²) in [5.74, 6) is -0.804. The van der Waals surface area contributed by atoms with E-state index in [1.807, 2.05) is 19.1 Å². The Balaban J connectivity index is 2.28. The van der Waals surface area contributed by atoms with Crippen molar-refractivity contribution in [3.05, 3.63) is 62.8 Å². The van der Waals surface area contributed by atoms with Crippen LogP contribution < -0.4 is 5.32 Å². The van der Waals surface area contributed by atoms with Gasteiger partial charge in [0.2, 0.25) is 0 Å². The number of hydrogen-bond acceptors (Lipinski definition) is 1. The first-order valence-corrected chi connectivity index (χ1v) is 6.67. The van der Waals surface area contributed by atoms with Crippen LogP contribution in [-0.4, -0.2) is 5.91 Å². The fourth-order valence-electron chi connectivity index (χ4n) is 1.59. The summed E-state index contributed by atoms with van der Waals surface area (Å²) >= 11 is 9.23. The van der Waals surface area contributed by atoms with Crippen LogP contribution in [0.3, 0.4) is 0 Å². The van der Waals surface area contributed by atoms with Crippen molar-refractivity contribution >= 4 is 39.1 Å². The van der Waals surface area contributed by atoms with Crippen molar-refractivity contribution in [1.82, 2.24) is 0 Å². The van der Waals surface area contributed by atoms with Crippen LogP contribution in [0.2, 0.25) is 5.02 Å². The predicted molar refractivity (Wildman–Crippen MR) is 78.2 cm³/mol. The van der Waals surface area contributed by atoms with E-state index in [0.717, 1.165) is 5.56 Å². The van der Waals surface area contributed by atoms with Crippen LogP contribution in [0.1, 0.15) is 15.9 Å². The van der Waals surface area contributed by atoms with E-state index in [2.05, 4.69) is 21.2 Å². The number of benzene rings is 2. The molecule has 5 heteroatoms. The molecular weight excluding hydrogens is 333 g/mol. The van der Waals surface area contributed by atoms with E-state index in [-0.39, 0.29) is 16.6 Å². The van der Waals surface area contributed by atoms with E-state index in [9.17, 15) is 9.18 Å². The normalized spacial score (nSPS) is 10.3. The standard InChI is InChI=1S/C14H10BrClFNO/c1-8-2-4-10(11(15)6-8)14(19)18-13-7-9(17)3-5-12(13)16/h2-7H,1H3,(H,18,19). The average molecular weight is 343 g/mol. The van der Waals surface area contributed by atoms with E-state index in [0.29, 0.717) is 10.0 Å². The minimum atomic E-state index is -0.456. The van der Waals surface area contributed by atoms with Gasteiger partial charge in [0.1, 0.15) is 5.82 Å². The predicted octanol–water partition coefficient (Wildman–Crippen LogP) is 4.80. The molecular formula is C14H10BrClFNO. The van der Waals surface area contributed by atoms with Crippen LogP contribution >= 0.6 is 27.5 Å². The second-order valence-corrected chi connectivity index (χ2v) is 5.32. The number of rotatable bonds is 2. The lowest BCUT2D eigenvalue weighted by molar-refractivity contribution is 0.102. The summed E-state index contributed by atoms with van der Waals surface area (Å²) in [6.45, 7) is 1.93. The first-order chi connectivity index (χ1) is 8.97. The third-order valence-corrected chi connectivity index (χ3v) is 3.53. The summed E-state index contributed by atoms with van der Waals surface area (Å²) in [7, 11) is 0. The van der Waals surface area contributed by atoms with Crippen LogP contribution in [0.15, 0.2) is 40.9 Å². The molecule has 0 heterocycles. The molecule has 1 amide bonds. The van der Waals surface area contributed by atoms with Crippen molar-refractivity contribution in [3.8, 4) is 0 Å². The number of aryl methyl sites for hydroxylation is 1. The summed E-state index contributed by atoms with van der Waals surface area (Å²) < 4.78 is 13.8. The summed E-state index contributed by atoms with van der Waals surface area (Å²) in [4.78, 5) is 12.1. The molecule has 0 bridgehead atoms. The van der Waals surface area contributed by atoms with Crippen molar-refractivity contribution < 1.29 is 9.18 Å². The molecule has 0 unspecified atom stereocenters. The quantitative estimate of drug-likeness (QED) is 0.834. The highest BCUT2D eigenvalue weighted by molar-refractivity contribution is 9.10. The van der Waals surface area contributed by atoms with Crippen LogP contribution in [0.4, 0.5) is 10.1 Å². The molecule has 0 aliphatic carbocycles. The third-order valence-electron chi connectivity index (χ3n) is 2.55. The maximum absolute atomic E-state index is 13.1. The number of carbonyl (C=O) groups excluding carboxylic acids is 1. The number of halogens is 3. The van der Waals surface area contributed by atoms with Gasteiger partial charge in [-0.25, -0.2) is 4.39 Å². The summed E-state index contributed by atoms with van der Waals surface area (Å²) in [5.41, 5.74) is 1.75. The second-order valence-electron chi connectivity index (χ2n) is 4.06. The Morgan fingerprint density at radius 2 is 2.00 bits per heavy atom. The molecule has 0 atom stereocenters. The number of carbonyl (C=O) groups is 1. The van der Waals surface area contributed by atoms with Gasteiger partial charge in [0.15, 0.2) is 0 Å². The van der Waals surface area contributed by atoms with Crippen molar-refractivity contribution in [3.63, 3.8) is 0 Å². The highest BCUT2D eigenvalue weighted by Crippen LogP contribution is 2.25. The Morgan fingerprint density at radius 3 is 2.68 bits per heavy atom. The zero-order chi connectivity index (χ0) is 14.0. The minimum Gasteiger partial charge on any atom is -0.321 e. The molecule has 2 aromatic carbocycles. The number of hydrogen-bond donors (Lipinski definition) is 1. The van der Waals surface area contributed by atoms with Crippen LogP contribution in [-0.2, 0) is 0 Å². The van der Waals surface area contributed by atoms with Gasteiger partial charge in [-0.05, 0) is 58.7 Å². The smallest absolute Gasteiger partial charge is 0.256 e. The van der Waals surface area contributed by atoms with Crippen LogP contribution in [0.25, 0.3) is 0 Å². The molecule has 0 aliphatic rings. The van der Waals surface area contributed by atoms with Gasteiger partial charge < -0.3 is 5.32 Å². The summed E-state index contributed by atoms with van der Waals surface area (Å²) in [6.07, 6.45) is 0. The van der Waals surface area contributed by atoms with Gasteiger partial charge in [-0.3, -0.25) is 4.79 Å². The highest BCUT2D eigenvalue weighted by atomic mass is 79.9. The number of anilines is 1. The molecule has 98 valence electrons. The van der Waals surface area contributed by atoms with Crippen molar-refractivity contribution in [2.75, 3.05) is 5.32 Å². The Morgan fingerprint density at radius 1 is 1.26 bits per heavy atom. The maximum Gasteiger partial charge on any atom is 0.256 e. The molecule has 0 radical (unpaired) electrons. The van der Waals surface area contributed by atoms with Crippen molar-refractivity contribution in [2.24, 2.45) is 0 Å². The maximum atomic E-state index is 13.1. The molecule has 0 saturated heterocycles. The summed E-state index contributed by atoms with van der Waals surface area (Å²) in [5, 5.41) is 2.88. The van der Waals surface area contributed by atoms with Gasteiger partial charge >= 0.3 is 0 Å². The zero-order valence-electron chi connectivity index (χ0n) is 10.0. The fraction of sp³-hybridized carbons (Fsp3) is 0.0714. The van der Waals surface area contributed by atoms with Gasteiger partial charge in [-0.1, -0.05) is 17.7 Å². The van der Waals surface area contributed by atoms with Gasteiger partial charge in [-0.2, -0.15) is 0 Å². The topological polar surface area (TPSA) is 29.1 Å². The Hall–Kier alpha value is -1.39. The minimum absolute atomic E-state index is 0.249. The summed E-state index contributed by atoms with van der Waals surface area (Å²) in [6, 6.07) is 9.18. The van der Waals surface area contributed by atoms with Crippen molar-refractivity contribution in [1.29, 1.82) is 0 Å². The SMILES string of the molecule is Cc1ccc(C(=O)Nc2cc(F)ccc2Cl)c(Br)c1. The Kier molecular flexibility index (Phi) is 4.22. The van der Waals surface area contributed by atoms with Gasteiger partial charge in [0.05, 0.1) is 16.3 Å². The molecule has 1 N–H and O–H groups in total. The van der Waals surface area contributed by atoms with E-state index in [1.165, 1.54) is 18.2 Å². The molecule has 0 aromatic heterocycles. The van der Waals surface area contributed by atoms with E-state index in [4.69, 9.17) is 11.6 Å².